The van der Waals surface area contributed by atoms with E-state index < -0.39 is 0 Å². The molecule has 0 radical (unpaired) electrons. The zero-order valence-electron chi connectivity index (χ0n) is 10.6. The fourth-order valence-corrected chi connectivity index (χ4v) is 2.46. The molecular weight excluding hydrogens is 297 g/mol. The molecule has 1 aromatic heterocycles. The van der Waals surface area contributed by atoms with Crippen molar-refractivity contribution in [2.45, 2.75) is 25.4 Å². The SMILES string of the molecule is O=c1[nH]nc(-c2ccc(Cl)cc2Cl)cc1CNC1CC1. The first kappa shape index (κ1) is 13.6. The summed E-state index contributed by atoms with van der Waals surface area (Å²) in [7, 11) is 0. The lowest BCUT2D eigenvalue weighted by Crippen LogP contribution is -2.23. The summed E-state index contributed by atoms with van der Waals surface area (Å²) in [6.45, 7) is 0.542. The van der Waals surface area contributed by atoms with Crippen molar-refractivity contribution in [1.82, 2.24) is 15.5 Å². The van der Waals surface area contributed by atoms with Crippen LogP contribution in [0.1, 0.15) is 18.4 Å². The summed E-state index contributed by atoms with van der Waals surface area (Å²) >= 11 is 12.0. The molecule has 0 atom stereocenters. The molecule has 0 spiro atoms. The van der Waals surface area contributed by atoms with E-state index in [-0.39, 0.29) is 5.56 Å². The number of benzene rings is 1. The minimum atomic E-state index is -0.174. The molecule has 104 valence electrons. The molecule has 3 rings (SSSR count). The van der Waals surface area contributed by atoms with Crippen LogP contribution in [0.5, 0.6) is 0 Å². The zero-order valence-corrected chi connectivity index (χ0v) is 12.1. The van der Waals surface area contributed by atoms with Crippen molar-refractivity contribution in [1.29, 1.82) is 0 Å². The lowest BCUT2D eigenvalue weighted by molar-refractivity contribution is 0.679. The van der Waals surface area contributed by atoms with Gasteiger partial charge in [-0.15, -0.1) is 0 Å². The molecule has 20 heavy (non-hydrogen) atoms. The average Bonchev–Trinajstić information content (AvgIpc) is 3.22. The molecule has 6 heteroatoms. The van der Waals surface area contributed by atoms with Crippen molar-refractivity contribution < 1.29 is 0 Å². The van der Waals surface area contributed by atoms with Crippen molar-refractivity contribution in [2.75, 3.05) is 0 Å². The van der Waals surface area contributed by atoms with Crippen LogP contribution in [0.3, 0.4) is 0 Å². The minimum Gasteiger partial charge on any atom is -0.310 e. The minimum absolute atomic E-state index is 0.174. The van der Waals surface area contributed by atoms with Gasteiger partial charge >= 0.3 is 0 Å². The second-order valence-electron chi connectivity index (χ2n) is 4.89. The van der Waals surface area contributed by atoms with Crippen LogP contribution in [0.15, 0.2) is 29.1 Å². The van der Waals surface area contributed by atoms with Crippen LogP contribution in [0.4, 0.5) is 0 Å². The van der Waals surface area contributed by atoms with Gasteiger partial charge in [-0.05, 0) is 37.1 Å². The molecule has 1 aliphatic rings. The number of halogens is 2. The van der Waals surface area contributed by atoms with Gasteiger partial charge in [-0.3, -0.25) is 4.79 Å². The molecule has 1 heterocycles. The Morgan fingerprint density at radius 1 is 1.30 bits per heavy atom. The lowest BCUT2D eigenvalue weighted by Gasteiger charge is -2.06. The average molecular weight is 310 g/mol. The Labute approximate surface area is 126 Å². The van der Waals surface area contributed by atoms with Crippen LogP contribution in [0.2, 0.25) is 10.0 Å². The van der Waals surface area contributed by atoms with Crippen LogP contribution in [-0.4, -0.2) is 16.2 Å². The highest BCUT2D eigenvalue weighted by Crippen LogP contribution is 2.28. The number of nitrogens with one attached hydrogen (secondary N) is 2. The van der Waals surface area contributed by atoms with Gasteiger partial charge in [0, 0.05) is 28.7 Å². The summed E-state index contributed by atoms with van der Waals surface area (Å²) in [4.78, 5) is 11.8. The van der Waals surface area contributed by atoms with Crippen molar-refractivity contribution in [2.24, 2.45) is 0 Å². The molecule has 1 aliphatic carbocycles. The zero-order chi connectivity index (χ0) is 14.1. The first-order valence-corrected chi connectivity index (χ1v) is 7.16. The molecule has 2 aromatic rings. The Morgan fingerprint density at radius 2 is 2.10 bits per heavy atom. The fourth-order valence-electron chi connectivity index (χ4n) is 1.95. The molecule has 1 aromatic carbocycles. The van der Waals surface area contributed by atoms with E-state index in [1.54, 1.807) is 24.3 Å². The number of aromatic amines is 1. The second kappa shape index (κ2) is 5.56. The third-order valence-corrected chi connectivity index (χ3v) is 3.79. The van der Waals surface area contributed by atoms with Gasteiger partial charge in [-0.1, -0.05) is 23.2 Å². The Kier molecular flexibility index (Phi) is 3.78. The van der Waals surface area contributed by atoms with Crippen LogP contribution in [0.25, 0.3) is 11.3 Å². The molecule has 0 bridgehead atoms. The molecule has 0 amide bonds. The highest BCUT2D eigenvalue weighted by atomic mass is 35.5. The number of nitrogens with zero attached hydrogens (tertiary/aromatic N) is 1. The topological polar surface area (TPSA) is 57.8 Å². The van der Waals surface area contributed by atoms with Gasteiger partial charge in [-0.25, -0.2) is 5.10 Å². The highest BCUT2D eigenvalue weighted by molar-refractivity contribution is 6.36. The Bertz CT molecular complexity index is 695. The van der Waals surface area contributed by atoms with Crippen molar-refractivity contribution >= 4 is 23.2 Å². The van der Waals surface area contributed by atoms with Gasteiger partial charge in [0.05, 0.1) is 10.7 Å². The van der Waals surface area contributed by atoms with E-state index in [9.17, 15) is 4.79 Å². The Morgan fingerprint density at radius 3 is 2.80 bits per heavy atom. The van der Waals surface area contributed by atoms with Gasteiger partial charge in [0.25, 0.3) is 5.56 Å². The van der Waals surface area contributed by atoms with Gasteiger partial charge < -0.3 is 5.32 Å². The maximum atomic E-state index is 11.8. The number of aromatic nitrogens is 2. The summed E-state index contributed by atoms with van der Waals surface area (Å²) in [6, 6.07) is 7.52. The predicted molar refractivity (Wildman–Crippen MR) is 80.2 cm³/mol. The maximum Gasteiger partial charge on any atom is 0.268 e. The van der Waals surface area contributed by atoms with Crippen LogP contribution in [0, 0.1) is 0 Å². The predicted octanol–water partition coefficient (Wildman–Crippen LogP) is 3.00. The third kappa shape index (κ3) is 3.03. The van der Waals surface area contributed by atoms with E-state index in [1.165, 1.54) is 12.8 Å². The first-order chi connectivity index (χ1) is 9.63. The summed E-state index contributed by atoms with van der Waals surface area (Å²) < 4.78 is 0. The molecule has 0 aliphatic heterocycles. The van der Waals surface area contributed by atoms with Gasteiger partial charge in [-0.2, -0.15) is 5.10 Å². The molecule has 4 nitrogen and oxygen atoms in total. The smallest absolute Gasteiger partial charge is 0.268 e. The molecule has 0 saturated heterocycles. The summed E-state index contributed by atoms with van der Waals surface area (Å²) in [6.07, 6.45) is 2.36. The van der Waals surface area contributed by atoms with Gasteiger partial charge in [0.2, 0.25) is 0 Å². The first-order valence-electron chi connectivity index (χ1n) is 6.41. The van der Waals surface area contributed by atoms with Crippen LogP contribution in [-0.2, 0) is 6.54 Å². The molecule has 1 fully saturated rings. The van der Waals surface area contributed by atoms with Crippen molar-refractivity contribution in [3.63, 3.8) is 0 Å². The van der Waals surface area contributed by atoms with E-state index in [1.807, 2.05) is 0 Å². The fraction of sp³-hybridized carbons (Fsp3) is 0.286. The molecule has 2 N–H and O–H groups in total. The second-order valence-corrected chi connectivity index (χ2v) is 5.73. The van der Waals surface area contributed by atoms with Crippen molar-refractivity contribution in [3.05, 3.63) is 50.2 Å². The summed E-state index contributed by atoms with van der Waals surface area (Å²) in [5.74, 6) is 0. The summed E-state index contributed by atoms with van der Waals surface area (Å²) in [5.41, 5.74) is 1.87. The van der Waals surface area contributed by atoms with Gasteiger partial charge in [0.15, 0.2) is 0 Å². The largest absolute Gasteiger partial charge is 0.310 e. The number of H-pyrrole nitrogens is 1. The van der Waals surface area contributed by atoms with E-state index in [0.717, 1.165) is 5.56 Å². The lowest BCUT2D eigenvalue weighted by atomic mass is 10.1. The Hall–Kier alpha value is -1.36. The van der Waals surface area contributed by atoms with E-state index in [0.29, 0.717) is 33.9 Å². The third-order valence-electron chi connectivity index (χ3n) is 3.25. The van der Waals surface area contributed by atoms with E-state index in [4.69, 9.17) is 23.2 Å². The Balaban J connectivity index is 1.92. The number of hydrogen-bond donors (Lipinski definition) is 2. The van der Waals surface area contributed by atoms with Gasteiger partial charge in [0.1, 0.15) is 0 Å². The number of hydrogen-bond acceptors (Lipinski definition) is 3. The highest BCUT2D eigenvalue weighted by Gasteiger charge is 2.20. The van der Waals surface area contributed by atoms with E-state index in [2.05, 4.69) is 15.5 Å². The summed E-state index contributed by atoms with van der Waals surface area (Å²) in [5, 5.41) is 11.0. The molecule has 0 unspecified atom stereocenters. The van der Waals surface area contributed by atoms with Crippen LogP contribution < -0.4 is 10.9 Å². The van der Waals surface area contributed by atoms with E-state index >= 15 is 0 Å². The molecular formula is C14H13Cl2N3O. The van der Waals surface area contributed by atoms with Crippen LogP contribution >= 0.6 is 23.2 Å². The van der Waals surface area contributed by atoms with Crippen molar-refractivity contribution in [3.8, 4) is 11.3 Å². The monoisotopic (exact) mass is 309 g/mol. The number of rotatable bonds is 4. The standard InChI is InChI=1S/C14H13Cl2N3O/c15-9-1-4-11(12(16)6-9)13-5-8(14(20)19-18-13)7-17-10-2-3-10/h1,4-6,10,17H,2-3,7H2,(H,19,20). The molecule has 1 saturated carbocycles. The quantitative estimate of drug-likeness (QED) is 0.913. The normalized spacial score (nSPS) is 14.5. The maximum absolute atomic E-state index is 11.8.